The normalized spacial score (nSPS) is 16.1. The molecule has 0 spiro atoms. The maximum Gasteiger partial charge on any atom is 0.103 e. The summed E-state index contributed by atoms with van der Waals surface area (Å²) in [5.74, 6) is 0. The molecule has 1 fully saturated rings. The number of hydrogen-bond acceptors (Lipinski definition) is 5. The van der Waals surface area contributed by atoms with Gasteiger partial charge in [0, 0.05) is 44.3 Å². The molecule has 1 aliphatic rings. The lowest BCUT2D eigenvalue weighted by molar-refractivity contribution is 0.189. The Morgan fingerprint density at radius 3 is 2.67 bits per heavy atom. The molecule has 0 bridgehead atoms. The summed E-state index contributed by atoms with van der Waals surface area (Å²) in [6.45, 7) is 4.45. The van der Waals surface area contributed by atoms with Crippen molar-refractivity contribution in [2.75, 3.05) is 44.2 Å². The van der Waals surface area contributed by atoms with Crippen LogP contribution in [0.1, 0.15) is 5.56 Å². The highest BCUT2D eigenvalue weighted by Gasteiger charge is 2.21. The lowest BCUT2D eigenvalue weighted by Crippen LogP contribution is -2.47. The predicted molar refractivity (Wildman–Crippen MR) is 82.2 cm³/mol. The molecule has 21 heavy (non-hydrogen) atoms. The maximum absolute atomic E-state index is 9.38. The van der Waals surface area contributed by atoms with Gasteiger partial charge in [-0.15, -0.1) is 0 Å². The van der Waals surface area contributed by atoms with E-state index in [0.29, 0.717) is 5.56 Å². The number of fused-ring (bicyclic) bond motifs is 1. The molecule has 1 N–H and O–H groups in total. The molecular formula is C16H18N4O. The van der Waals surface area contributed by atoms with Crippen molar-refractivity contribution < 1.29 is 5.11 Å². The first-order chi connectivity index (χ1) is 10.3. The average molecular weight is 282 g/mol. The Hall–Kier alpha value is -2.16. The van der Waals surface area contributed by atoms with Crippen LogP contribution in [0.2, 0.25) is 0 Å². The average Bonchev–Trinajstić information content (AvgIpc) is 2.55. The largest absolute Gasteiger partial charge is 0.395 e. The molecular weight excluding hydrogens is 264 g/mol. The molecule has 5 heteroatoms. The number of aliphatic hydroxyl groups is 1. The molecule has 1 aromatic carbocycles. The van der Waals surface area contributed by atoms with Gasteiger partial charge in [-0.2, -0.15) is 5.26 Å². The van der Waals surface area contributed by atoms with Gasteiger partial charge < -0.3 is 10.0 Å². The molecule has 5 nitrogen and oxygen atoms in total. The highest BCUT2D eigenvalue weighted by Crippen LogP contribution is 2.29. The second-order valence-corrected chi connectivity index (χ2v) is 5.20. The number of nitriles is 1. The van der Waals surface area contributed by atoms with Crippen LogP contribution in [0, 0.1) is 11.3 Å². The monoisotopic (exact) mass is 282 g/mol. The van der Waals surface area contributed by atoms with Crippen molar-refractivity contribution in [2.45, 2.75) is 0 Å². The summed E-state index contributed by atoms with van der Waals surface area (Å²) in [5, 5.41) is 19.4. The minimum atomic E-state index is 0.196. The zero-order valence-electron chi connectivity index (χ0n) is 11.9. The van der Waals surface area contributed by atoms with Gasteiger partial charge in [-0.05, 0) is 6.07 Å². The molecule has 3 rings (SSSR count). The van der Waals surface area contributed by atoms with Gasteiger partial charge in [0.1, 0.15) is 6.07 Å². The van der Waals surface area contributed by atoms with E-state index in [1.807, 2.05) is 24.3 Å². The second kappa shape index (κ2) is 6.08. The summed E-state index contributed by atoms with van der Waals surface area (Å²) < 4.78 is 0. The SMILES string of the molecule is N#Cc1cnc2ccccc2c1N1CCN(CCO)CC1. The van der Waals surface area contributed by atoms with Gasteiger partial charge in [0.25, 0.3) is 0 Å². The number of pyridine rings is 1. The van der Waals surface area contributed by atoms with Gasteiger partial charge in [0.05, 0.1) is 23.4 Å². The smallest absolute Gasteiger partial charge is 0.103 e. The van der Waals surface area contributed by atoms with Crippen molar-refractivity contribution >= 4 is 16.6 Å². The Bertz CT molecular complexity index is 672. The van der Waals surface area contributed by atoms with E-state index in [4.69, 9.17) is 5.11 Å². The number of anilines is 1. The van der Waals surface area contributed by atoms with Crippen LogP contribution in [-0.4, -0.2) is 54.3 Å². The van der Waals surface area contributed by atoms with E-state index in [1.54, 1.807) is 6.20 Å². The van der Waals surface area contributed by atoms with Crippen LogP contribution in [0.4, 0.5) is 5.69 Å². The molecule has 108 valence electrons. The lowest BCUT2D eigenvalue weighted by Gasteiger charge is -2.36. The number of benzene rings is 1. The van der Waals surface area contributed by atoms with E-state index < -0.39 is 0 Å². The third-order valence-electron chi connectivity index (χ3n) is 3.97. The Balaban J connectivity index is 1.95. The van der Waals surface area contributed by atoms with Crippen molar-refractivity contribution in [3.8, 4) is 6.07 Å². The van der Waals surface area contributed by atoms with E-state index in [-0.39, 0.29) is 6.61 Å². The van der Waals surface area contributed by atoms with Crippen molar-refractivity contribution in [1.82, 2.24) is 9.88 Å². The standard InChI is InChI=1S/C16H18N4O/c17-11-13-12-18-15-4-2-1-3-14(15)16(13)20-7-5-19(6-8-20)9-10-21/h1-4,12,21H,5-10H2. The molecule has 2 aromatic rings. The van der Waals surface area contributed by atoms with Gasteiger partial charge in [-0.1, -0.05) is 18.2 Å². The molecule has 0 amide bonds. The molecule has 0 saturated carbocycles. The zero-order valence-corrected chi connectivity index (χ0v) is 11.9. The van der Waals surface area contributed by atoms with Crippen molar-refractivity contribution in [3.63, 3.8) is 0 Å². The van der Waals surface area contributed by atoms with E-state index in [0.717, 1.165) is 49.3 Å². The van der Waals surface area contributed by atoms with Crippen LogP contribution in [0.25, 0.3) is 10.9 Å². The fourth-order valence-corrected chi connectivity index (χ4v) is 2.89. The fourth-order valence-electron chi connectivity index (χ4n) is 2.89. The second-order valence-electron chi connectivity index (χ2n) is 5.20. The van der Waals surface area contributed by atoms with Crippen LogP contribution in [-0.2, 0) is 0 Å². The molecule has 0 atom stereocenters. The summed E-state index contributed by atoms with van der Waals surface area (Å²) in [4.78, 5) is 8.86. The number of β-amino-alcohol motifs (C(OH)–C–C–N with tert-alkyl or cyclic N) is 1. The van der Waals surface area contributed by atoms with Crippen LogP contribution in [0.3, 0.4) is 0 Å². The third kappa shape index (κ3) is 2.68. The lowest BCUT2D eigenvalue weighted by atomic mass is 10.1. The first-order valence-corrected chi connectivity index (χ1v) is 7.19. The molecule has 1 aliphatic heterocycles. The molecule has 1 aromatic heterocycles. The first kappa shape index (κ1) is 13.8. The summed E-state index contributed by atoms with van der Waals surface area (Å²) in [6, 6.07) is 10.2. The van der Waals surface area contributed by atoms with Crippen LogP contribution >= 0.6 is 0 Å². The topological polar surface area (TPSA) is 63.4 Å². The number of aliphatic hydroxyl groups excluding tert-OH is 1. The highest BCUT2D eigenvalue weighted by atomic mass is 16.3. The van der Waals surface area contributed by atoms with E-state index in [9.17, 15) is 5.26 Å². The summed E-state index contributed by atoms with van der Waals surface area (Å²) in [5.41, 5.74) is 2.54. The van der Waals surface area contributed by atoms with Crippen LogP contribution in [0.5, 0.6) is 0 Å². The molecule has 2 heterocycles. The minimum Gasteiger partial charge on any atom is -0.395 e. The van der Waals surface area contributed by atoms with Crippen molar-refractivity contribution in [1.29, 1.82) is 5.26 Å². The van der Waals surface area contributed by atoms with Crippen molar-refractivity contribution in [3.05, 3.63) is 36.0 Å². The van der Waals surface area contributed by atoms with E-state index in [2.05, 4.69) is 20.9 Å². The number of rotatable bonds is 3. The predicted octanol–water partition coefficient (Wildman–Crippen LogP) is 1.22. The number of aromatic nitrogens is 1. The Morgan fingerprint density at radius 1 is 1.19 bits per heavy atom. The van der Waals surface area contributed by atoms with Gasteiger partial charge in [-0.3, -0.25) is 9.88 Å². The first-order valence-electron chi connectivity index (χ1n) is 7.19. The van der Waals surface area contributed by atoms with Gasteiger partial charge in [0.15, 0.2) is 0 Å². The third-order valence-corrected chi connectivity index (χ3v) is 3.97. The van der Waals surface area contributed by atoms with Gasteiger partial charge >= 0.3 is 0 Å². The number of hydrogen-bond donors (Lipinski definition) is 1. The van der Waals surface area contributed by atoms with Crippen LogP contribution in [0.15, 0.2) is 30.5 Å². The molecule has 1 saturated heterocycles. The molecule has 0 aliphatic carbocycles. The molecule has 0 unspecified atom stereocenters. The number of para-hydroxylation sites is 1. The summed E-state index contributed by atoms with van der Waals surface area (Å²) in [7, 11) is 0. The van der Waals surface area contributed by atoms with Gasteiger partial charge in [-0.25, -0.2) is 0 Å². The summed E-state index contributed by atoms with van der Waals surface area (Å²) in [6.07, 6.45) is 1.66. The highest BCUT2D eigenvalue weighted by molar-refractivity contribution is 5.94. The quantitative estimate of drug-likeness (QED) is 0.917. The van der Waals surface area contributed by atoms with Crippen LogP contribution < -0.4 is 4.90 Å². The number of nitrogens with zero attached hydrogens (tertiary/aromatic N) is 4. The van der Waals surface area contributed by atoms with E-state index >= 15 is 0 Å². The number of piperazine rings is 1. The van der Waals surface area contributed by atoms with E-state index in [1.165, 1.54) is 0 Å². The summed E-state index contributed by atoms with van der Waals surface area (Å²) >= 11 is 0. The Morgan fingerprint density at radius 2 is 1.95 bits per heavy atom. The maximum atomic E-state index is 9.38. The fraction of sp³-hybridized carbons (Fsp3) is 0.375. The minimum absolute atomic E-state index is 0.196. The Kier molecular flexibility index (Phi) is 4.00. The Labute approximate surface area is 124 Å². The molecule has 0 radical (unpaired) electrons. The van der Waals surface area contributed by atoms with Gasteiger partial charge in [0.2, 0.25) is 0 Å². The van der Waals surface area contributed by atoms with Crippen molar-refractivity contribution in [2.24, 2.45) is 0 Å². The zero-order chi connectivity index (χ0) is 14.7.